The van der Waals surface area contributed by atoms with Crippen molar-refractivity contribution in [3.63, 3.8) is 0 Å². The van der Waals surface area contributed by atoms with Gasteiger partial charge in [0.2, 0.25) is 5.91 Å². The smallest absolute Gasteiger partial charge is 0.325 e. The van der Waals surface area contributed by atoms with Crippen molar-refractivity contribution < 1.29 is 35.9 Å². The van der Waals surface area contributed by atoms with Gasteiger partial charge in [0, 0.05) is 12.5 Å². The number of sulfone groups is 1. The number of hydrogen-bond donors (Lipinski definition) is 0. The second kappa shape index (κ2) is 9.65. The Morgan fingerprint density at radius 2 is 1.78 bits per heavy atom. The number of rotatable bonds is 7. The fourth-order valence-electron chi connectivity index (χ4n) is 2.89. The molecule has 0 unspecified atom stereocenters. The van der Waals surface area contributed by atoms with Crippen LogP contribution in [0.1, 0.15) is 12.8 Å². The molecule has 0 N–H and O–H groups in total. The van der Waals surface area contributed by atoms with E-state index < -0.39 is 45.7 Å². The highest BCUT2D eigenvalue weighted by atomic mass is 32.2. The van der Waals surface area contributed by atoms with Crippen molar-refractivity contribution in [3.05, 3.63) is 58.7 Å². The van der Waals surface area contributed by atoms with Gasteiger partial charge in [-0.15, -0.1) is 0 Å². The average molecular weight is 486 g/mol. The second-order valence-electron chi connectivity index (χ2n) is 6.66. The van der Waals surface area contributed by atoms with Gasteiger partial charge in [0.25, 0.3) is 0 Å². The highest BCUT2D eigenvalue weighted by Gasteiger charge is 2.18. The van der Waals surface area contributed by atoms with Gasteiger partial charge >= 0.3 is 5.97 Å². The Kier molecular flexibility index (Phi) is 7.14. The number of aromatic nitrogens is 1. The Bertz CT molecular complexity index is 1350. The number of carbonyl (C=O) groups excluding carboxylic acids is 2. The van der Waals surface area contributed by atoms with Crippen LogP contribution in [0.3, 0.4) is 0 Å². The summed E-state index contributed by atoms with van der Waals surface area (Å²) >= 11 is 0.804. The minimum atomic E-state index is -3.72. The van der Waals surface area contributed by atoms with Crippen LogP contribution in [0.2, 0.25) is 0 Å². The maximum atomic E-state index is 14.3. The van der Waals surface area contributed by atoms with E-state index in [1.54, 1.807) is 0 Å². The minimum Gasteiger partial charge on any atom is -0.468 e. The summed E-state index contributed by atoms with van der Waals surface area (Å²) in [5.41, 5.74) is -0.104. The molecule has 0 aliphatic heterocycles. The number of hydrogen-bond acceptors (Lipinski definition) is 6. The molecule has 2 aromatic carbocycles. The Hall–Kier alpha value is -2.99. The summed E-state index contributed by atoms with van der Waals surface area (Å²) in [6, 6.07) is 6.02. The van der Waals surface area contributed by atoms with E-state index in [1.165, 1.54) is 0 Å². The number of thiazole rings is 1. The molecule has 0 fully saturated rings. The number of benzene rings is 2. The summed E-state index contributed by atoms with van der Waals surface area (Å²) in [7, 11) is -2.58. The summed E-state index contributed by atoms with van der Waals surface area (Å²) in [6.07, 6.45) is -0.309. The molecular formula is C20H17F3N2O5S2. The number of methoxy groups -OCH3 is 1. The first-order valence-corrected chi connectivity index (χ1v) is 11.7. The van der Waals surface area contributed by atoms with Crippen LogP contribution in [0, 0.1) is 17.5 Å². The molecule has 12 heteroatoms. The first kappa shape index (κ1) is 23.7. The molecule has 32 heavy (non-hydrogen) atoms. The Labute approximate surface area is 184 Å². The van der Waals surface area contributed by atoms with Gasteiger partial charge in [-0.1, -0.05) is 11.3 Å². The molecule has 0 saturated carbocycles. The first-order valence-electron chi connectivity index (χ1n) is 9.22. The molecule has 0 saturated heterocycles. The van der Waals surface area contributed by atoms with E-state index in [9.17, 15) is 31.2 Å². The zero-order chi connectivity index (χ0) is 23.5. The van der Waals surface area contributed by atoms with Crippen LogP contribution >= 0.6 is 11.3 Å². The lowest BCUT2D eigenvalue weighted by atomic mass is 10.3. The zero-order valence-electron chi connectivity index (χ0n) is 16.7. The fourth-order valence-corrected chi connectivity index (χ4v) is 5.29. The third-order valence-corrected chi connectivity index (χ3v) is 7.25. The molecule has 1 aromatic heterocycles. The largest absolute Gasteiger partial charge is 0.468 e. The quantitative estimate of drug-likeness (QED) is 0.378. The molecule has 7 nitrogen and oxygen atoms in total. The maximum Gasteiger partial charge on any atom is 0.325 e. The van der Waals surface area contributed by atoms with Crippen LogP contribution in [0.4, 0.5) is 13.2 Å². The number of amides is 1. The zero-order valence-corrected chi connectivity index (χ0v) is 18.3. The highest BCUT2D eigenvalue weighted by Crippen LogP contribution is 2.22. The number of carbonyl (C=O) groups is 2. The van der Waals surface area contributed by atoms with Crippen molar-refractivity contribution in [1.82, 2.24) is 4.57 Å². The molecule has 3 aromatic rings. The van der Waals surface area contributed by atoms with Crippen molar-refractivity contribution in [2.75, 3.05) is 12.9 Å². The monoisotopic (exact) mass is 486 g/mol. The Morgan fingerprint density at radius 1 is 1.09 bits per heavy atom. The topological polar surface area (TPSA) is 94.8 Å². The number of ether oxygens (including phenoxy) is 1. The molecule has 1 amide bonds. The molecule has 0 aliphatic carbocycles. The van der Waals surface area contributed by atoms with Gasteiger partial charge in [0.1, 0.15) is 18.2 Å². The summed E-state index contributed by atoms with van der Waals surface area (Å²) in [4.78, 5) is 27.8. The van der Waals surface area contributed by atoms with Crippen LogP contribution in [0.15, 0.2) is 46.3 Å². The maximum absolute atomic E-state index is 14.3. The number of fused-ring (bicyclic) bond motifs is 1. The van der Waals surface area contributed by atoms with Gasteiger partial charge < -0.3 is 9.30 Å². The molecular weight excluding hydrogens is 469 g/mol. The third-order valence-electron chi connectivity index (χ3n) is 4.41. The van der Waals surface area contributed by atoms with E-state index in [4.69, 9.17) is 0 Å². The SMILES string of the molecule is COC(=O)Cn1c(=NC(=O)CCCS(=O)(=O)c2ccc(F)cc2)sc2cc(F)cc(F)c21. The fraction of sp³-hybridized carbons (Fsp3) is 0.250. The molecule has 170 valence electrons. The molecule has 0 aliphatic rings. The highest BCUT2D eigenvalue weighted by molar-refractivity contribution is 7.91. The Morgan fingerprint density at radius 3 is 2.44 bits per heavy atom. The van der Waals surface area contributed by atoms with Gasteiger partial charge in [-0.2, -0.15) is 4.99 Å². The lowest BCUT2D eigenvalue weighted by Gasteiger charge is -2.05. The third kappa shape index (κ3) is 5.43. The Balaban J connectivity index is 1.82. The average Bonchev–Trinajstić information content (AvgIpc) is 3.04. The van der Waals surface area contributed by atoms with Crippen LogP contribution in [-0.4, -0.2) is 37.7 Å². The predicted molar refractivity (Wildman–Crippen MR) is 110 cm³/mol. The predicted octanol–water partition coefficient (Wildman–Crippen LogP) is 2.97. The van der Waals surface area contributed by atoms with Crippen molar-refractivity contribution in [2.45, 2.75) is 24.3 Å². The van der Waals surface area contributed by atoms with E-state index in [2.05, 4.69) is 9.73 Å². The van der Waals surface area contributed by atoms with Crippen molar-refractivity contribution >= 4 is 43.3 Å². The van der Waals surface area contributed by atoms with E-state index in [1.807, 2.05) is 0 Å². The number of halogens is 3. The van der Waals surface area contributed by atoms with E-state index in [0.29, 0.717) is 6.07 Å². The molecule has 1 heterocycles. The van der Waals surface area contributed by atoms with Crippen LogP contribution < -0.4 is 4.80 Å². The van der Waals surface area contributed by atoms with Crippen molar-refractivity contribution in [3.8, 4) is 0 Å². The van der Waals surface area contributed by atoms with Gasteiger partial charge in [-0.3, -0.25) is 9.59 Å². The molecule has 3 rings (SSSR count). The first-order chi connectivity index (χ1) is 15.1. The molecule has 0 spiro atoms. The molecule has 0 bridgehead atoms. The van der Waals surface area contributed by atoms with Crippen LogP contribution in [0.25, 0.3) is 10.2 Å². The van der Waals surface area contributed by atoms with Gasteiger partial charge in [0.05, 0.1) is 28.0 Å². The summed E-state index contributed by atoms with van der Waals surface area (Å²) in [5.74, 6) is -4.13. The standard InChI is InChI=1S/C20H17F3N2O5S2/c1-30-18(27)11-25-19-15(23)9-13(22)10-16(19)31-20(25)24-17(26)3-2-8-32(28,29)14-6-4-12(21)5-7-14/h4-7,9-10H,2-3,8,11H2,1H3. The molecule has 0 radical (unpaired) electrons. The minimum absolute atomic E-state index is 0.0544. The van der Waals surface area contributed by atoms with Gasteiger partial charge in [-0.25, -0.2) is 21.6 Å². The van der Waals surface area contributed by atoms with Gasteiger partial charge in [0.15, 0.2) is 20.5 Å². The van der Waals surface area contributed by atoms with Crippen molar-refractivity contribution in [1.29, 1.82) is 0 Å². The van der Waals surface area contributed by atoms with Crippen molar-refractivity contribution in [2.24, 2.45) is 4.99 Å². The lowest BCUT2D eigenvalue weighted by Crippen LogP contribution is -2.23. The van der Waals surface area contributed by atoms with Crippen LogP contribution in [-0.2, 0) is 30.7 Å². The summed E-state index contributed by atoms with van der Waals surface area (Å²) in [5, 5.41) is 0. The van der Waals surface area contributed by atoms with E-state index in [0.717, 1.165) is 53.3 Å². The lowest BCUT2D eigenvalue weighted by molar-refractivity contribution is -0.141. The summed E-state index contributed by atoms with van der Waals surface area (Å²) < 4.78 is 71.2. The second-order valence-corrected chi connectivity index (χ2v) is 9.78. The molecule has 0 atom stereocenters. The van der Waals surface area contributed by atoms with Gasteiger partial charge in [-0.05, 0) is 36.8 Å². The van der Waals surface area contributed by atoms with Crippen LogP contribution in [0.5, 0.6) is 0 Å². The summed E-state index contributed by atoms with van der Waals surface area (Å²) in [6.45, 7) is -0.454. The van der Waals surface area contributed by atoms with E-state index in [-0.39, 0.29) is 38.5 Å². The number of esters is 1. The normalized spacial score (nSPS) is 12.3. The number of nitrogens with zero attached hydrogens (tertiary/aromatic N) is 2. The van der Waals surface area contributed by atoms with E-state index >= 15 is 0 Å².